The van der Waals surface area contributed by atoms with E-state index in [0.717, 1.165) is 18.3 Å². The first-order valence-electron chi connectivity index (χ1n) is 9.16. The van der Waals surface area contributed by atoms with Gasteiger partial charge in [-0.25, -0.2) is 17.6 Å². The number of alkyl halides is 1. The fourth-order valence-electron chi connectivity index (χ4n) is 3.61. The number of halogens is 5. The standard InChI is InChI=1S/C20H18F4N4O.ClH/c21-13-1-2-14(22)19-18(13)12(20(29)27-17-4-6-26-8-16(17)24)10-28(19)9-11-3-5-25-7-15(11)23;/h1-3,5,7,10,16-17,26H,4,6,8-9H2,(H,27,29);1H. The van der Waals surface area contributed by atoms with E-state index in [1.54, 1.807) is 0 Å². The summed E-state index contributed by atoms with van der Waals surface area (Å²) in [5.74, 6) is -2.85. The maximum atomic E-state index is 14.5. The van der Waals surface area contributed by atoms with E-state index in [0.29, 0.717) is 13.0 Å². The summed E-state index contributed by atoms with van der Waals surface area (Å²) in [6, 6.07) is 2.56. The van der Waals surface area contributed by atoms with Crippen molar-refractivity contribution in [2.75, 3.05) is 13.1 Å². The Balaban J connectivity index is 0.00000256. The molecule has 0 radical (unpaired) electrons. The Kier molecular flexibility index (Phi) is 6.62. The van der Waals surface area contributed by atoms with E-state index in [1.165, 1.54) is 23.0 Å². The number of hydrogen-bond acceptors (Lipinski definition) is 3. The van der Waals surface area contributed by atoms with Crippen LogP contribution < -0.4 is 10.6 Å². The number of nitrogens with zero attached hydrogens (tertiary/aromatic N) is 2. The molecule has 2 aromatic heterocycles. The highest BCUT2D eigenvalue weighted by molar-refractivity contribution is 6.07. The van der Waals surface area contributed by atoms with Gasteiger partial charge in [-0.05, 0) is 31.2 Å². The second-order valence-corrected chi connectivity index (χ2v) is 6.98. The summed E-state index contributed by atoms with van der Waals surface area (Å²) in [6.45, 7) is 0.520. The Morgan fingerprint density at radius 2 is 1.97 bits per heavy atom. The number of rotatable bonds is 4. The number of nitrogens with one attached hydrogen (secondary N) is 2. The SMILES string of the molecule is Cl.O=C(NC1CCNCC1F)c1cn(Cc2ccncc2F)c2c(F)ccc(F)c12. The first-order chi connectivity index (χ1) is 14.0. The molecule has 2 atom stereocenters. The van der Waals surface area contributed by atoms with Gasteiger partial charge in [-0.3, -0.25) is 9.78 Å². The molecule has 1 aromatic carbocycles. The highest BCUT2D eigenvalue weighted by Gasteiger charge is 2.28. The average Bonchev–Trinajstić information content (AvgIpc) is 3.09. The van der Waals surface area contributed by atoms with Gasteiger partial charge >= 0.3 is 0 Å². The molecule has 4 rings (SSSR count). The van der Waals surface area contributed by atoms with Crippen LogP contribution in [0.5, 0.6) is 0 Å². The monoisotopic (exact) mass is 442 g/mol. The Hall–Kier alpha value is -2.65. The van der Waals surface area contributed by atoms with Gasteiger partial charge in [0.25, 0.3) is 5.91 Å². The smallest absolute Gasteiger partial charge is 0.253 e. The molecule has 30 heavy (non-hydrogen) atoms. The van der Waals surface area contributed by atoms with Crippen LogP contribution in [0.15, 0.2) is 36.8 Å². The van der Waals surface area contributed by atoms with Crippen LogP contribution in [0, 0.1) is 17.5 Å². The van der Waals surface area contributed by atoms with E-state index in [1.807, 2.05) is 0 Å². The molecule has 160 valence electrons. The second kappa shape index (κ2) is 9.01. The van der Waals surface area contributed by atoms with Gasteiger partial charge < -0.3 is 15.2 Å². The summed E-state index contributed by atoms with van der Waals surface area (Å²) in [6.07, 6.45) is 2.76. The number of carbonyl (C=O) groups is 1. The predicted molar refractivity (Wildman–Crippen MR) is 106 cm³/mol. The van der Waals surface area contributed by atoms with Crippen molar-refractivity contribution in [3.63, 3.8) is 0 Å². The molecule has 0 saturated carbocycles. The minimum atomic E-state index is -1.28. The van der Waals surface area contributed by atoms with Crippen LogP contribution in [0.25, 0.3) is 10.9 Å². The quantitative estimate of drug-likeness (QED) is 0.609. The molecule has 10 heteroatoms. The van der Waals surface area contributed by atoms with Crippen LogP contribution in [0.4, 0.5) is 17.6 Å². The van der Waals surface area contributed by atoms with Crippen LogP contribution in [-0.2, 0) is 6.54 Å². The van der Waals surface area contributed by atoms with Crippen LogP contribution in [0.2, 0.25) is 0 Å². The zero-order chi connectivity index (χ0) is 20.5. The first-order valence-corrected chi connectivity index (χ1v) is 9.16. The molecule has 3 aromatic rings. The summed E-state index contributed by atoms with van der Waals surface area (Å²) in [5, 5.41) is 5.23. The van der Waals surface area contributed by atoms with Gasteiger partial charge in [-0.1, -0.05) is 0 Å². The molecule has 2 N–H and O–H groups in total. The molecule has 3 heterocycles. The number of piperidine rings is 1. The Bertz CT molecular complexity index is 1070. The minimum absolute atomic E-state index is 0. The number of pyridine rings is 1. The number of fused-ring (bicyclic) bond motifs is 1. The summed E-state index contributed by atoms with van der Waals surface area (Å²) in [5.41, 5.74) is -0.0830. The maximum Gasteiger partial charge on any atom is 0.253 e. The molecule has 1 aliphatic rings. The fraction of sp³-hybridized carbons (Fsp3) is 0.300. The molecule has 0 bridgehead atoms. The molecule has 1 aliphatic heterocycles. The summed E-state index contributed by atoms with van der Waals surface area (Å²) in [4.78, 5) is 16.4. The van der Waals surface area contributed by atoms with Gasteiger partial charge in [0.2, 0.25) is 0 Å². The van der Waals surface area contributed by atoms with E-state index < -0.39 is 35.6 Å². The molecular formula is C20H19ClF4N4O. The molecule has 0 spiro atoms. The molecule has 5 nitrogen and oxygen atoms in total. The molecular weight excluding hydrogens is 424 g/mol. The van der Waals surface area contributed by atoms with Crippen molar-refractivity contribution in [2.24, 2.45) is 0 Å². The van der Waals surface area contributed by atoms with E-state index in [2.05, 4.69) is 15.6 Å². The summed E-state index contributed by atoms with van der Waals surface area (Å²) in [7, 11) is 0. The Morgan fingerprint density at radius 1 is 1.20 bits per heavy atom. The van der Waals surface area contributed by atoms with Gasteiger partial charge in [-0.15, -0.1) is 12.4 Å². The minimum Gasteiger partial charge on any atom is -0.346 e. The summed E-state index contributed by atoms with van der Waals surface area (Å²) >= 11 is 0. The average molecular weight is 443 g/mol. The number of hydrogen-bond donors (Lipinski definition) is 2. The maximum absolute atomic E-state index is 14.5. The van der Waals surface area contributed by atoms with Crippen LogP contribution in [0.1, 0.15) is 22.3 Å². The normalized spacial score (nSPS) is 18.8. The Morgan fingerprint density at radius 3 is 2.70 bits per heavy atom. The number of carbonyl (C=O) groups excluding carboxylic acids is 1. The van der Waals surface area contributed by atoms with Crippen LogP contribution >= 0.6 is 12.4 Å². The third-order valence-corrected chi connectivity index (χ3v) is 5.09. The zero-order valence-electron chi connectivity index (χ0n) is 15.7. The number of amides is 1. The number of aromatic nitrogens is 2. The number of benzene rings is 1. The van der Waals surface area contributed by atoms with Crippen molar-refractivity contribution in [3.8, 4) is 0 Å². The molecule has 1 amide bonds. The van der Waals surface area contributed by atoms with Gasteiger partial charge in [-0.2, -0.15) is 0 Å². The van der Waals surface area contributed by atoms with Gasteiger partial charge in [0.05, 0.1) is 35.2 Å². The molecule has 2 unspecified atom stereocenters. The highest BCUT2D eigenvalue weighted by atomic mass is 35.5. The fourth-order valence-corrected chi connectivity index (χ4v) is 3.61. The third kappa shape index (κ3) is 4.13. The van der Waals surface area contributed by atoms with E-state index in [-0.39, 0.29) is 47.5 Å². The topological polar surface area (TPSA) is 59.0 Å². The lowest BCUT2D eigenvalue weighted by atomic mass is 10.0. The Labute approximate surface area is 175 Å². The van der Waals surface area contributed by atoms with Gasteiger partial charge in [0.15, 0.2) is 0 Å². The van der Waals surface area contributed by atoms with Crippen molar-refractivity contribution in [1.82, 2.24) is 20.2 Å². The van der Waals surface area contributed by atoms with Crippen molar-refractivity contribution in [2.45, 2.75) is 25.2 Å². The highest BCUT2D eigenvalue weighted by Crippen LogP contribution is 2.28. The van der Waals surface area contributed by atoms with Gasteiger partial charge in [0, 0.05) is 24.5 Å². The lowest BCUT2D eigenvalue weighted by Crippen LogP contribution is -2.50. The van der Waals surface area contributed by atoms with Crippen molar-refractivity contribution in [1.29, 1.82) is 0 Å². The molecule has 1 fully saturated rings. The van der Waals surface area contributed by atoms with Crippen molar-refractivity contribution < 1.29 is 22.4 Å². The van der Waals surface area contributed by atoms with Crippen molar-refractivity contribution >= 4 is 29.2 Å². The lowest BCUT2D eigenvalue weighted by molar-refractivity contribution is 0.0893. The zero-order valence-corrected chi connectivity index (χ0v) is 16.5. The molecule has 0 aliphatic carbocycles. The van der Waals surface area contributed by atoms with Crippen LogP contribution in [-0.4, -0.2) is 40.8 Å². The van der Waals surface area contributed by atoms with Gasteiger partial charge in [0.1, 0.15) is 23.6 Å². The van der Waals surface area contributed by atoms with Crippen LogP contribution in [0.3, 0.4) is 0 Å². The van der Waals surface area contributed by atoms with E-state index in [9.17, 15) is 22.4 Å². The van der Waals surface area contributed by atoms with Crippen molar-refractivity contribution in [3.05, 3.63) is 65.4 Å². The lowest BCUT2D eigenvalue weighted by Gasteiger charge is -2.27. The molecule has 1 saturated heterocycles. The largest absolute Gasteiger partial charge is 0.346 e. The van der Waals surface area contributed by atoms with E-state index >= 15 is 0 Å². The predicted octanol–water partition coefficient (Wildman–Crippen LogP) is 3.35. The first kappa shape index (κ1) is 22.0. The second-order valence-electron chi connectivity index (χ2n) is 6.98. The summed E-state index contributed by atoms with van der Waals surface area (Å²) < 4.78 is 58.4. The van der Waals surface area contributed by atoms with E-state index in [4.69, 9.17) is 0 Å². The third-order valence-electron chi connectivity index (χ3n) is 5.09.